The van der Waals surface area contributed by atoms with Gasteiger partial charge in [0, 0.05) is 13.1 Å². The van der Waals surface area contributed by atoms with Gasteiger partial charge in [0.1, 0.15) is 0 Å². The van der Waals surface area contributed by atoms with Gasteiger partial charge in [-0.05, 0) is 39.9 Å². The molecule has 0 aromatic heterocycles. The van der Waals surface area contributed by atoms with Gasteiger partial charge in [0.25, 0.3) is 0 Å². The molecule has 1 aliphatic rings. The van der Waals surface area contributed by atoms with E-state index in [4.69, 9.17) is 5.73 Å². The second kappa shape index (κ2) is 6.62. The van der Waals surface area contributed by atoms with E-state index in [1.165, 1.54) is 11.1 Å². The van der Waals surface area contributed by atoms with Gasteiger partial charge in [0.2, 0.25) is 5.91 Å². The number of amides is 1. The summed E-state index contributed by atoms with van der Waals surface area (Å²) < 4.78 is 0. The Labute approximate surface area is 152 Å². The van der Waals surface area contributed by atoms with Crippen molar-refractivity contribution in [3.63, 3.8) is 0 Å². The van der Waals surface area contributed by atoms with E-state index in [0.29, 0.717) is 25.1 Å². The molecule has 4 rings (SSSR count). The quantitative estimate of drug-likeness (QED) is 0.796. The molecule has 0 bridgehead atoms. The smallest absolute Gasteiger partial charge is 0.240 e. The Morgan fingerprint density at radius 2 is 1.65 bits per heavy atom. The minimum atomic E-state index is -0.597. The highest BCUT2D eigenvalue weighted by Gasteiger charge is 2.27. The largest absolute Gasteiger partial charge is 0.333 e. The highest BCUT2D eigenvalue weighted by atomic mass is 16.2. The van der Waals surface area contributed by atoms with E-state index in [2.05, 4.69) is 18.2 Å². The Balaban J connectivity index is 1.56. The van der Waals surface area contributed by atoms with Crippen molar-refractivity contribution in [1.82, 2.24) is 4.90 Å². The summed E-state index contributed by atoms with van der Waals surface area (Å²) >= 11 is 0. The standard InChI is InChI=1S/C22H19N3O/c23-12-16-8-4-9-19-15(7-3-10-20(16)19)11-21(24)22(26)25-13-17-5-1-2-6-18(17)14-25/h1-10,21H,11,13-14,24H2. The molecule has 0 spiro atoms. The third-order valence-electron chi connectivity index (χ3n) is 5.04. The van der Waals surface area contributed by atoms with Gasteiger partial charge in [-0.3, -0.25) is 4.79 Å². The topological polar surface area (TPSA) is 70.1 Å². The molecule has 128 valence electrons. The lowest BCUT2D eigenvalue weighted by atomic mass is 9.96. The fraction of sp³-hybridized carbons (Fsp3) is 0.182. The van der Waals surface area contributed by atoms with Gasteiger partial charge in [0.05, 0.1) is 17.7 Å². The number of nitrogens with zero attached hydrogens (tertiary/aromatic N) is 2. The van der Waals surface area contributed by atoms with E-state index in [1.54, 1.807) is 6.07 Å². The number of benzene rings is 3. The Hall–Kier alpha value is -3.16. The van der Waals surface area contributed by atoms with Gasteiger partial charge in [-0.25, -0.2) is 0 Å². The SMILES string of the molecule is N#Cc1cccc2c(CC(N)C(=O)N3Cc4ccccc4C3)cccc12. The maximum atomic E-state index is 12.8. The molecule has 4 heteroatoms. The van der Waals surface area contributed by atoms with Crippen molar-refractivity contribution in [1.29, 1.82) is 5.26 Å². The number of carbonyl (C=O) groups is 1. The molecule has 1 amide bonds. The molecule has 1 atom stereocenters. The molecule has 0 radical (unpaired) electrons. The Bertz CT molecular complexity index is 1010. The van der Waals surface area contributed by atoms with Gasteiger partial charge >= 0.3 is 0 Å². The molecule has 4 nitrogen and oxygen atoms in total. The lowest BCUT2D eigenvalue weighted by Crippen LogP contribution is -2.42. The average molecular weight is 341 g/mol. The number of nitriles is 1. The molecule has 0 fully saturated rings. The molecule has 1 unspecified atom stereocenters. The lowest BCUT2D eigenvalue weighted by molar-refractivity contribution is -0.133. The molecule has 2 N–H and O–H groups in total. The van der Waals surface area contributed by atoms with Gasteiger partial charge < -0.3 is 10.6 Å². The molecule has 3 aromatic rings. The van der Waals surface area contributed by atoms with Crippen LogP contribution in [0.3, 0.4) is 0 Å². The number of hydrogen-bond donors (Lipinski definition) is 1. The fourth-order valence-electron chi connectivity index (χ4n) is 3.70. The number of rotatable bonds is 3. The molecule has 0 saturated heterocycles. The lowest BCUT2D eigenvalue weighted by Gasteiger charge is -2.21. The second-order valence-electron chi connectivity index (χ2n) is 6.70. The third-order valence-corrected chi connectivity index (χ3v) is 5.04. The van der Waals surface area contributed by atoms with Crippen LogP contribution < -0.4 is 5.73 Å². The molecule has 1 heterocycles. The van der Waals surface area contributed by atoms with E-state index < -0.39 is 6.04 Å². The predicted molar refractivity (Wildman–Crippen MR) is 101 cm³/mol. The first kappa shape index (κ1) is 16.3. The van der Waals surface area contributed by atoms with Crippen LogP contribution in [0.25, 0.3) is 10.8 Å². The van der Waals surface area contributed by atoms with Crippen LogP contribution >= 0.6 is 0 Å². The van der Waals surface area contributed by atoms with Crippen LogP contribution in [0.4, 0.5) is 0 Å². The zero-order valence-electron chi connectivity index (χ0n) is 14.4. The minimum Gasteiger partial charge on any atom is -0.333 e. The van der Waals surface area contributed by atoms with Gasteiger partial charge in [-0.1, -0.05) is 54.6 Å². The van der Waals surface area contributed by atoms with Crippen molar-refractivity contribution in [3.05, 3.63) is 82.9 Å². The molecular weight excluding hydrogens is 322 g/mol. The van der Waals surface area contributed by atoms with Gasteiger partial charge in [-0.15, -0.1) is 0 Å². The zero-order chi connectivity index (χ0) is 18.1. The summed E-state index contributed by atoms with van der Waals surface area (Å²) in [5.41, 5.74) is 10.3. The maximum Gasteiger partial charge on any atom is 0.240 e. The van der Waals surface area contributed by atoms with E-state index in [0.717, 1.165) is 16.3 Å². The Morgan fingerprint density at radius 1 is 1.00 bits per heavy atom. The van der Waals surface area contributed by atoms with Crippen LogP contribution in [0.1, 0.15) is 22.3 Å². The predicted octanol–water partition coefficient (Wildman–Crippen LogP) is 3.12. The number of carbonyl (C=O) groups excluding carboxylic acids is 1. The van der Waals surface area contributed by atoms with Crippen molar-refractivity contribution in [2.45, 2.75) is 25.6 Å². The number of nitrogens with two attached hydrogens (primary N) is 1. The Kier molecular flexibility index (Phi) is 4.16. The summed E-state index contributed by atoms with van der Waals surface area (Å²) in [6, 6.07) is 21.2. The molecule has 0 aliphatic carbocycles. The highest BCUT2D eigenvalue weighted by molar-refractivity contribution is 5.91. The molecular formula is C22H19N3O. The van der Waals surface area contributed by atoms with Crippen molar-refractivity contribution in [2.24, 2.45) is 5.73 Å². The number of fused-ring (bicyclic) bond motifs is 2. The first-order chi connectivity index (χ1) is 12.7. The molecule has 1 aliphatic heterocycles. The van der Waals surface area contributed by atoms with E-state index in [9.17, 15) is 10.1 Å². The minimum absolute atomic E-state index is 0.0327. The molecule has 26 heavy (non-hydrogen) atoms. The first-order valence-corrected chi connectivity index (χ1v) is 8.69. The fourth-order valence-corrected chi connectivity index (χ4v) is 3.70. The third kappa shape index (κ3) is 2.83. The monoisotopic (exact) mass is 341 g/mol. The van der Waals surface area contributed by atoms with Crippen LogP contribution in [-0.4, -0.2) is 16.8 Å². The first-order valence-electron chi connectivity index (χ1n) is 8.69. The van der Waals surface area contributed by atoms with Crippen LogP contribution in [0.2, 0.25) is 0 Å². The Morgan fingerprint density at radius 3 is 2.35 bits per heavy atom. The van der Waals surface area contributed by atoms with Crippen LogP contribution in [0.15, 0.2) is 60.7 Å². The summed E-state index contributed by atoms with van der Waals surface area (Å²) in [5.74, 6) is -0.0327. The van der Waals surface area contributed by atoms with Gasteiger partial charge in [0.15, 0.2) is 0 Å². The summed E-state index contributed by atoms with van der Waals surface area (Å²) in [6.07, 6.45) is 0.456. The molecule has 0 saturated carbocycles. The van der Waals surface area contributed by atoms with Crippen LogP contribution in [0, 0.1) is 11.3 Å². The normalized spacial score (nSPS) is 14.1. The molecule has 3 aromatic carbocycles. The van der Waals surface area contributed by atoms with Gasteiger partial charge in [-0.2, -0.15) is 5.26 Å². The summed E-state index contributed by atoms with van der Waals surface area (Å²) in [4.78, 5) is 14.6. The van der Waals surface area contributed by atoms with E-state index >= 15 is 0 Å². The van der Waals surface area contributed by atoms with E-state index in [1.807, 2.05) is 47.4 Å². The summed E-state index contributed by atoms with van der Waals surface area (Å²) in [5, 5.41) is 11.2. The zero-order valence-corrected chi connectivity index (χ0v) is 14.4. The maximum absolute atomic E-state index is 12.8. The van der Waals surface area contributed by atoms with Crippen LogP contribution in [0.5, 0.6) is 0 Å². The van der Waals surface area contributed by atoms with Crippen molar-refractivity contribution in [2.75, 3.05) is 0 Å². The highest BCUT2D eigenvalue weighted by Crippen LogP contribution is 2.25. The van der Waals surface area contributed by atoms with Crippen molar-refractivity contribution >= 4 is 16.7 Å². The average Bonchev–Trinajstić information content (AvgIpc) is 3.11. The van der Waals surface area contributed by atoms with Crippen LogP contribution in [-0.2, 0) is 24.3 Å². The van der Waals surface area contributed by atoms with Crippen molar-refractivity contribution in [3.8, 4) is 6.07 Å². The van der Waals surface area contributed by atoms with E-state index in [-0.39, 0.29) is 5.91 Å². The number of hydrogen-bond acceptors (Lipinski definition) is 3. The summed E-state index contributed by atoms with van der Waals surface area (Å²) in [7, 11) is 0. The summed E-state index contributed by atoms with van der Waals surface area (Å²) in [6.45, 7) is 1.24. The second-order valence-corrected chi connectivity index (χ2v) is 6.70. The van der Waals surface area contributed by atoms with Crippen molar-refractivity contribution < 1.29 is 4.79 Å².